The molecule has 0 saturated carbocycles. The van der Waals surface area contributed by atoms with Crippen LogP contribution in [0.2, 0.25) is 0 Å². The van der Waals surface area contributed by atoms with E-state index in [9.17, 15) is 0 Å². The summed E-state index contributed by atoms with van der Waals surface area (Å²) in [5, 5.41) is 0. The van der Waals surface area contributed by atoms with Gasteiger partial charge in [-0.25, -0.2) is 4.57 Å². The molecule has 4 nitrogen and oxygen atoms in total. The normalized spacial score (nSPS) is 5.36. The SMILES string of the molecule is F.O=P(O)(O)O.[CaH2].[CaH2].[CaH2].[CaH2].[NaH]. The Labute approximate surface area is 206 Å². The van der Waals surface area contributed by atoms with Gasteiger partial charge in [0.25, 0.3) is 0 Å². The van der Waals surface area contributed by atoms with Crippen LogP contribution in [0.5, 0.6) is 0 Å². The monoisotopic (exact) mass is 310 g/mol. The molecule has 0 aliphatic carbocycles. The van der Waals surface area contributed by atoms with Gasteiger partial charge in [0.15, 0.2) is 0 Å². The van der Waals surface area contributed by atoms with Crippen LogP contribution in [0.25, 0.3) is 0 Å². The Kier molecular flexibility index (Phi) is 99.0. The molecule has 0 aromatic heterocycles. The van der Waals surface area contributed by atoms with Crippen molar-refractivity contribution in [3.05, 3.63) is 0 Å². The van der Waals surface area contributed by atoms with E-state index in [1.807, 2.05) is 0 Å². The quantitative estimate of drug-likeness (QED) is 0.309. The van der Waals surface area contributed by atoms with Crippen molar-refractivity contribution in [2.24, 2.45) is 0 Å². The predicted molar refractivity (Wildman–Crippen MR) is 58.1 cm³/mol. The fourth-order valence-electron chi connectivity index (χ4n) is 0. The average molecular weight is 310 g/mol. The van der Waals surface area contributed by atoms with Crippen LogP contribution in [0.3, 0.4) is 0 Å². The fourth-order valence-corrected chi connectivity index (χ4v) is 0. The molecule has 11 heavy (non-hydrogen) atoms. The second-order valence-electron chi connectivity index (χ2n) is 0.513. The van der Waals surface area contributed by atoms with Crippen molar-refractivity contribution in [2.75, 3.05) is 0 Å². The topological polar surface area (TPSA) is 77.8 Å². The Bertz CT molecular complexity index is 68.2. The van der Waals surface area contributed by atoms with E-state index in [2.05, 4.69) is 0 Å². The summed E-state index contributed by atoms with van der Waals surface area (Å²) in [5.41, 5.74) is 0. The number of hydrogen-bond donors (Lipinski definition) is 3. The summed E-state index contributed by atoms with van der Waals surface area (Å²) < 4.78 is 8.88. The van der Waals surface area contributed by atoms with Gasteiger partial charge in [0.2, 0.25) is 0 Å². The van der Waals surface area contributed by atoms with Gasteiger partial charge in [0.05, 0.1) is 0 Å². The molecule has 0 aliphatic heterocycles. The zero-order chi connectivity index (χ0) is 4.50. The molecule has 0 aliphatic rings. The van der Waals surface area contributed by atoms with E-state index in [-0.39, 0.29) is 185 Å². The van der Waals surface area contributed by atoms with Crippen molar-refractivity contribution in [1.82, 2.24) is 0 Å². The van der Waals surface area contributed by atoms with Crippen LogP contribution in [0, 0.1) is 0 Å². The third-order valence-electron chi connectivity index (χ3n) is 0. The van der Waals surface area contributed by atoms with Crippen molar-refractivity contribution >= 4 is 188 Å². The molecule has 0 atom stereocenters. The zero-order valence-electron chi connectivity index (χ0n) is 2.61. The zero-order valence-corrected chi connectivity index (χ0v) is 3.50. The predicted octanol–water partition coefficient (Wildman–Crippen LogP) is -5.09. The van der Waals surface area contributed by atoms with Crippen molar-refractivity contribution in [3.63, 3.8) is 0 Å². The Balaban J connectivity index is -0.00000000533. The van der Waals surface area contributed by atoms with Crippen molar-refractivity contribution in [2.45, 2.75) is 0 Å². The van der Waals surface area contributed by atoms with Gasteiger partial charge in [-0.2, -0.15) is 0 Å². The van der Waals surface area contributed by atoms with E-state index in [0.717, 1.165) is 0 Å². The van der Waals surface area contributed by atoms with Gasteiger partial charge in [-0.05, 0) is 0 Å². The number of halogens is 1. The van der Waals surface area contributed by atoms with E-state index in [0.29, 0.717) is 0 Å². The molecular formula is H13Ca4FNaO4P. The number of rotatable bonds is 0. The standard InChI is InChI=1S/4Ca.FH.Na.H3O4P.9H/c;;;;;;1-5(2,3)4;;;;;;;;;/h;;;;1H;;(H3,1,2,3,4);;;;;;;;;. The molecule has 0 saturated heterocycles. The molecule has 0 spiro atoms. The number of phosphoric acid groups is 1. The third kappa shape index (κ3) is 86.2. The van der Waals surface area contributed by atoms with Gasteiger partial charge in [-0.3, -0.25) is 4.70 Å². The van der Waals surface area contributed by atoms with Crippen LogP contribution in [0.15, 0.2) is 0 Å². The van der Waals surface area contributed by atoms with Gasteiger partial charge in [0.1, 0.15) is 0 Å². The maximum atomic E-state index is 8.88. The summed E-state index contributed by atoms with van der Waals surface area (Å²) >= 11 is 0. The number of hydrogen-bond acceptors (Lipinski definition) is 1. The molecular weight excluding hydrogens is 297 g/mol. The Morgan fingerprint density at radius 2 is 0.818 bits per heavy atom. The molecule has 0 fully saturated rings. The van der Waals surface area contributed by atoms with Gasteiger partial charge in [-0.15, -0.1) is 0 Å². The Morgan fingerprint density at radius 1 is 0.818 bits per heavy atom. The van der Waals surface area contributed by atoms with Crippen molar-refractivity contribution < 1.29 is 23.9 Å². The molecule has 11 heteroatoms. The first kappa shape index (κ1) is 43.5. The van der Waals surface area contributed by atoms with E-state index in [1.165, 1.54) is 0 Å². The summed E-state index contributed by atoms with van der Waals surface area (Å²) in [6.45, 7) is 0. The van der Waals surface area contributed by atoms with Crippen molar-refractivity contribution in [1.29, 1.82) is 0 Å². The molecule has 58 valence electrons. The molecule has 0 rings (SSSR count). The fraction of sp³-hybridized carbons (Fsp3) is 0. The first-order chi connectivity index (χ1) is 2.00. The van der Waals surface area contributed by atoms with Crippen LogP contribution < -0.4 is 0 Å². The summed E-state index contributed by atoms with van der Waals surface area (Å²) in [6.07, 6.45) is 0. The van der Waals surface area contributed by atoms with E-state index in [1.54, 1.807) is 0 Å². The first-order valence-corrected chi connectivity index (χ1v) is 2.35. The summed E-state index contributed by atoms with van der Waals surface area (Å²) in [4.78, 5) is 21.6. The maximum absolute atomic E-state index is 8.88. The van der Waals surface area contributed by atoms with Crippen LogP contribution in [0.1, 0.15) is 0 Å². The first-order valence-electron chi connectivity index (χ1n) is 0.783. The van der Waals surface area contributed by atoms with Gasteiger partial charge >= 0.3 is 188 Å². The molecule has 0 unspecified atom stereocenters. The molecule has 0 heterocycles. The summed E-state index contributed by atoms with van der Waals surface area (Å²) in [7, 11) is -4.64. The summed E-state index contributed by atoms with van der Waals surface area (Å²) in [5.74, 6) is 0. The van der Waals surface area contributed by atoms with E-state index < -0.39 is 7.82 Å². The molecule has 0 bridgehead atoms. The van der Waals surface area contributed by atoms with Crippen LogP contribution in [-0.2, 0) is 4.57 Å². The van der Waals surface area contributed by atoms with Crippen LogP contribution in [-0.4, -0.2) is 195 Å². The Morgan fingerprint density at radius 3 is 0.818 bits per heavy atom. The molecule has 0 aromatic carbocycles. The third-order valence-corrected chi connectivity index (χ3v) is 0. The second-order valence-corrected chi connectivity index (χ2v) is 1.54. The molecule has 0 radical (unpaired) electrons. The molecule has 0 aromatic rings. The van der Waals surface area contributed by atoms with Crippen LogP contribution >= 0.6 is 7.82 Å². The molecule has 3 N–H and O–H groups in total. The molecule has 0 amide bonds. The van der Waals surface area contributed by atoms with Crippen LogP contribution in [0.4, 0.5) is 4.70 Å². The van der Waals surface area contributed by atoms with E-state index in [4.69, 9.17) is 19.2 Å². The minimum absolute atomic E-state index is 0. The second kappa shape index (κ2) is 25.1. The average Bonchev–Trinajstić information content (AvgIpc) is 0.722. The minimum atomic E-state index is -4.64. The van der Waals surface area contributed by atoms with E-state index >= 15 is 0 Å². The van der Waals surface area contributed by atoms with Gasteiger partial charge < -0.3 is 14.7 Å². The van der Waals surface area contributed by atoms with Gasteiger partial charge in [0, 0.05) is 0 Å². The van der Waals surface area contributed by atoms with Gasteiger partial charge in [-0.1, -0.05) is 0 Å². The van der Waals surface area contributed by atoms with Crippen molar-refractivity contribution in [3.8, 4) is 0 Å². The Hall–Kier alpha value is 6.08. The summed E-state index contributed by atoms with van der Waals surface area (Å²) in [6, 6.07) is 0.